The number of nitrogens with two attached hydrogens (primary N) is 1. The lowest BCUT2D eigenvalue weighted by atomic mass is 9.91. The molecule has 0 radical (unpaired) electrons. The molecule has 0 spiro atoms. The Balaban J connectivity index is 2.11. The van der Waals surface area contributed by atoms with Crippen LogP contribution in [0.25, 0.3) is 0 Å². The summed E-state index contributed by atoms with van der Waals surface area (Å²) in [6, 6.07) is 5.92. The maximum atomic E-state index is 9.71. The first-order valence-corrected chi connectivity index (χ1v) is 6.25. The van der Waals surface area contributed by atoms with E-state index in [1.807, 2.05) is 19.1 Å². The van der Waals surface area contributed by atoms with Crippen molar-refractivity contribution in [3.05, 3.63) is 29.3 Å². The smallest absolute Gasteiger partial charge is 0.124 e. The zero-order valence-corrected chi connectivity index (χ0v) is 10.3. The number of hydrogen-bond acceptors (Lipinski definition) is 3. The topological polar surface area (TPSA) is 58.6 Å². The molecule has 3 heteroatoms. The summed E-state index contributed by atoms with van der Waals surface area (Å²) in [5, 5.41) is 9.71. The van der Waals surface area contributed by atoms with Gasteiger partial charge in [-0.1, -0.05) is 24.5 Å². The second-order valence-electron chi connectivity index (χ2n) is 4.86. The van der Waals surface area contributed by atoms with Crippen molar-refractivity contribution in [1.82, 2.24) is 0 Å². The number of benzene rings is 1. The largest absolute Gasteiger partial charge is 0.507 e. The molecule has 0 saturated heterocycles. The molecule has 1 aliphatic carbocycles. The second-order valence-corrected chi connectivity index (χ2v) is 4.86. The minimum atomic E-state index is 0.173. The first-order valence-electron chi connectivity index (χ1n) is 6.25. The number of aryl methyl sites for hydroxylation is 1. The molecule has 17 heavy (non-hydrogen) atoms. The Morgan fingerprint density at radius 1 is 1.35 bits per heavy atom. The van der Waals surface area contributed by atoms with Gasteiger partial charge in [-0.2, -0.15) is 0 Å². The Morgan fingerprint density at radius 3 is 2.88 bits per heavy atom. The molecule has 1 fully saturated rings. The number of phenols is 1. The van der Waals surface area contributed by atoms with Crippen molar-refractivity contribution in [3.63, 3.8) is 0 Å². The predicted octanol–water partition coefficient (Wildman–Crippen LogP) is 2.39. The summed E-state index contributed by atoms with van der Waals surface area (Å²) < 4.78 is 0. The fraction of sp³-hybridized carbons (Fsp3) is 0.500. The average molecular weight is 232 g/mol. The van der Waals surface area contributed by atoms with Gasteiger partial charge in [-0.15, -0.1) is 0 Å². The average Bonchev–Trinajstić information content (AvgIpc) is 2.32. The molecule has 0 aromatic heterocycles. The Kier molecular flexibility index (Phi) is 3.79. The van der Waals surface area contributed by atoms with Crippen LogP contribution in [-0.4, -0.2) is 23.4 Å². The minimum absolute atomic E-state index is 0.173. The Labute approximate surface area is 102 Å². The van der Waals surface area contributed by atoms with Crippen LogP contribution in [0.3, 0.4) is 0 Å². The van der Waals surface area contributed by atoms with Gasteiger partial charge in [0.25, 0.3) is 0 Å². The Bertz CT molecular complexity index is 415. The highest BCUT2D eigenvalue weighted by Crippen LogP contribution is 2.21. The summed E-state index contributed by atoms with van der Waals surface area (Å²) in [4.78, 5) is 4.53. The van der Waals surface area contributed by atoms with E-state index in [4.69, 9.17) is 5.73 Å². The van der Waals surface area contributed by atoms with Gasteiger partial charge < -0.3 is 10.8 Å². The molecule has 2 atom stereocenters. The summed E-state index contributed by atoms with van der Waals surface area (Å²) in [6.07, 6.45) is 6.29. The van der Waals surface area contributed by atoms with Crippen LogP contribution in [0.1, 0.15) is 36.8 Å². The van der Waals surface area contributed by atoms with Crippen LogP contribution in [0.2, 0.25) is 0 Å². The van der Waals surface area contributed by atoms with E-state index in [1.165, 1.54) is 12.8 Å². The van der Waals surface area contributed by atoms with E-state index in [0.717, 1.165) is 24.0 Å². The molecule has 0 aliphatic heterocycles. The Morgan fingerprint density at radius 2 is 2.12 bits per heavy atom. The third-order valence-electron chi connectivity index (χ3n) is 3.37. The molecule has 1 saturated carbocycles. The van der Waals surface area contributed by atoms with Crippen molar-refractivity contribution >= 4 is 6.21 Å². The third kappa shape index (κ3) is 3.07. The van der Waals surface area contributed by atoms with Crippen LogP contribution < -0.4 is 5.73 Å². The lowest BCUT2D eigenvalue weighted by Gasteiger charge is -2.25. The maximum Gasteiger partial charge on any atom is 0.124 e. The van der Waals surface area contributed by atoms with Crippen molar-refractivity contribution < 1.29 is 5.11 Å². The van der Waals surface area contributed by atoms with Gasteiger partial charge >= 0.3 is 0 Å². The molecule has 1 aromatic carbocycles. The Hall–Kier alpha value is -1.35. The van der Waals surface area contributed by atoms with Gasteiger partial charge in [-0.25, -0.2) is 0 Å². The summed E-state index contributed by atoms with van der Waals surface area (Å²) in [6.45, 7) is 2.00. The van der Waals surface area contributed by atoms with Crippen LogP contribution in [0.5, 0.6) is 5.75 Å². The van der Waals surface area contributed by atoms with E-state index >= 15 is 0 Å². The zero-order chi connectivity index (χ0) is 12.3. The molecule has 1 aliphatic rings. The second kappa shape index (κ2) is 5.32. The predicted molar refractivity (Wildman–Crippen MR) is 70.7 cm³/mol. The lowest BCUT2D eigenvalue weighted by Crippen LogP contribution is -2.36. The van der Waals surface area contributed by atoms with E-state index in [-0.39, 0.29) is 17.8 Å². The zero-order valence-electron chi connectivity index (χ0n) is 10.3. The van der Waals surface area contributed by atoms with E-state index in [2.05, 4.69) is 4.99 Å². The van der Waals surface area contributed by atoms with Crippen LogP contribution in [0.4, 0.5) is 0 Å². The molecule has 3 N–H and O–H groups in total. The lowest BCUT2D eigenvalue weighted by molar-refractivity contribution is 0.387. The molecular formula is C14H20N2O. The molecule has 0 amide bonds. The van der Waals surface area contributed by atoms with Gasteiger partial charge in [-0.3, -0.25) is 4.99 Å². The number of phenolic OH excluding ortho intramolecular Hbond substituents is 1. The summed E-state index contributed by atoms with van der Waals surface area (Å²) in [7, 11) is 0. The molecule has 2 rings (SSSR count). The van der Waals surface area contributed by atoms with Gasteiger partial charge in [0.2, 0.25) is 0 Å². The quantitative estimate of drug-likeness (QED) is 0.769. The normalized spacial score (nSPS) is 25.3. The van der Waals surface area contributed by atoms with Crippen LogP contribution in [-0.2, 0) is 0 Å². The van der Waals surface area contributed by atoms with Gasteiger partial charge in [0, 0.05) is 17.8 Å². The molecular weight excluding hydrogens is 212 g/mol. The molecule has 92 valence electrons. The fourth-order valence-electron chi connectivity index (χ4n) is 2.28. The van der Waals surface area contributed by atoms with Crippen molar-refractivity contribution in [2.45, 2.75) is 44.7 Å². The molecule has 0 unspecified atom stereocenters. The molecule has 1 aromatic rings. The van der Waals surface area contributed by atoms with Gasteiger partial charge in [0.1, 0.15) is 5.75 Å². The SMILES string of the molecule is Cc1ccc(O)c(C=N[C@H]2CCCC[C@@H]2N)c1. The summed E-state index contributed by atoms with van der Waals surface area (Å²) >= 11 is 0. The van der Waals surface area contributed by atoms with E-state index in [1.54, 1.807) is 12.3 Å². The third-order valence-corrected chi connectivity index (χ3v) is 3.37. The molecule has 0 heterocycles. The van der Waals surface area contributed by atoms with Crippen molar-refractivity contribution in [3.8, 4) is 5.75 Å². The molecule has 0 bridgehead atoms. The minimum Gasteiger partial charge on any atom is -0.507 e. The maximum absolute atomic E-state index is 9.71. The van der Waals surface area contributed by atoms with Crippen molar-refractivity contribution in [2.75, 3.05) is 0 Å². The van der Waals surface area contributed by atoms with Gasteiger partial charge in [0.15, 0.2) is 0 Å². The van der Waals surface area contributed by atoms with Crippen molar-refractivity contribution in [1.29, 1.82) is 0 Å². The van der Waals surface area contributed by atoms with Crippen LogP contribution >= 0.6 is 0 Å². The van der Waals surface area contributed by atoms with Crippen LogP contribution in [0, 0.1) is 6.92 Å². The van der Waals surface area contributed by atoms with Crippen LogP contribution in [0.15, 0.2) is 23.2 Å². The summed E-state index contributed by atoms with van der Waals surface area (Å²) in [5.41, 5.74) is 7.94. The van der Waals surface area contributed by atoms with E-state index < -0.39 is 0 Å². The molecule has 3 nitrogen and oxygen atoms in total. The monoisotopic (exact) mass is 232 g/mol. The first-order chi connectivity index (χ1) is 8.16. The summed E-state index contributed by atoms with van der Waals surface area (Å²) in [5.74, 6) is 0.281. The highest BCUT2D eigenvalue weighted by molar-refractivity contribution is 5.83. The first kappa shape index (κ1) is 12.1. The number of nitrogens with zero attached hydrogens (tertiary/aromatic N) is 1. The van der Waals surface area contributed by atoms with Gasteiger partial charge in [-0.05, 0) is 31.9 Å². The fourth-order valence-corrected chi connectivity index (χ4v) is 2.28. The standard InChI is InChI=1S/C14H20N2O/c1-10-6-7-14(17)11(8-10)9-16-13-5-3-2-4-12(13)15/h6-9,12-13,17H,2-5,15H2,1H3/t12-,13-/m0/s1. The number of aromatic hydroxyl groups is 1. The number of rotatable bonds is 2. The number of hydrogen-bond donors (Lipinski definition) is 2. The highest BCUT2D eigenvalue weighted by atomic mass is 16.3. The van der Waals surface area contributed by atoms with E-state index in [0.29, 0.717) is 0 Å². The van der Waals surface area contributed by atoms with Crippen molar-refractivity contribution in [2.24, 2.45) is 10.7 Å². The van der Waals surface area contributed by atoms with Gasteiger partial charge in [0.05, 0.1) is 6.04 Å². The number of aliphatic imine (C=N–C) groups is 1. The van der Waals surface area contributed by atoms with E-state index in [9.17, 15) is 5.11 Å². The highest BCUT2D eigenvalue weighted by Gasteiger charge is 2.20.